The van der Waals surface area contributed by atoms with E-state index in [1.807, 2.05) is 30.0 Å². The Morgan fingerprint density at radius 2 is 2.04 bits per heavy atom. The molecule has 0 radical (unpaired) electrons. The zero-order valence-electron chi connectivity index (χ0n) is 13.9. The minimum atomic E-state index is 0.0561. The van der Waals surface area contributed by atoms with Gasteiger partial charge in [-0.3, -0.25) is 4.79 Å². The minimum absolute atomic E-state index is 0.0561. The lowest BCUT2D eigenvalue weighted by molar-refractivity contribution is 0.0751. The summed E-state index contributed by atoms with van der Waals surface area (Å²) in [6.07, 6.45) is 3.62. The third-order valence-corrected chi connectivity index (χ3v) is 4.35. The fourth-order valence-corrected chi connectivity index (χ4v) is 3.19. The molecule has 0 unspecified atom stereocenters. The SMILES string of the molecule is CCCN(CCC)C(=O)c1cccnc1SCc1cc(C)on1. The quantitative estimate of drug-likeness (QED) is 0.685. The maximum Gasteiger partial charge on any atom is 0.256 e. The van der Waals surface area contributed by atoms with E-state index < -0.39 is 0 Å². The van der Waals surface area contributed by atoms with Crippen LogP contribution in [0.2, 0.25) is 0 Å². The molecular weight excluding hydrogens is 310 g/mol. The van der Waals surface area contributed by atoms with Gasteiger partial charge in [0.1, 0.15) is 10.8 Å². The first kappa shape index (κ1) is 17.5. The second-order valence-corrected chi connectivity index (χ2v) is 6.33. The molecule has 2 heterocycles. The van der Waals surface area contributed by atoms with Crippen LogP contribution in [0.25, 0.3) is 0 Å². The number of hydrogen-bond donors (Lipinski definition) is 0. The molecule has 0 saturated heterocycles. The van der Waals surface area contributed by atoms with Gasteiger partial charge in [0.15, 0.2) is 0 Å². The topological polar surface area (TPSA) is 59.2 Å². The van der Waals surface area contributed by atoms with Gasteiger partial charge in [-0.1, -0.05) is 30.8 Å². The van der Waals surface area contributed by atoms with Gasteiger partial charge < -0.3 is 9.42 Å². The van der Waals surface area contributed by atoms with Crippen molar-refractivity contribution in [2.75, 3.05) is 13.1 Å². The number of aromatic nitrogens is 2. The molecule has 0 fully saturated rings. The van der Waals surface area contributed by atoms with E-state index in [9.17, 15) is 4.79 Å². The van der Waals surface area contributed by atoms with Crippen LogP contribution in [0.4, 0.5) is 0 Å². The van der Waals surface area contributed by atoms with E-state index in [4.69, 9.17) is 4.52 Å². The van der Waals surface area contributed by atoms with Gasteiger partial charge in [0, 0.05) is 31.1 Å². The highest BCUT2D eigenvalue weighted by Crippen LogP contribution is 2.25. The Morgan fingerprint density at radius 1 is 1.30 bits per heavy atom. The van der Waals surface area contributed by atoms with Crippen molar-refractivity contribution in [1.82, 2.24) is 15.0 Å². The molecule has 2 rings (SSSR count). The Labute approximate surface area is 141 Å². The van der Waals surface area contributed by atoms with Gasteiger partial charge in [-0.15, -0.1) is 0 Å². The first-order valence-electron chi connectivity index (χ1n) is 7.95. The molecule has 1 amide bonds. The normalized spacial score (nSPS) is 10.7. The second-order valence-electron chi connectivity index (χ2n) is 5.37. The summed E-state index contributed by atoms with van der Waals surface area (Å²) >= 11 is 1.51. The predicted octanol–water partition coefficient (Wildman–Crippen LogP) is 3.93. The van der Waals surface area contributed by atoms with Gasteiger partial charge in [-0.2, -0.15) is 0 Å². The number of rotatable bonds is 8. The molecular formula is C17H23N3O2S. The smallest absolute Gasteiger partial charge is 0.256 e. The minimum Gasteiger partial charge on any atom is -0.361 e. The highest BCUT2D eigenvalue weighted by atomic mass is 32.2. The van der Waals surface area contributed by atoms with Crippen LogP contribution in [0.15, 0.2) is 33.9 Å². The maximum atomic E-state index is 12.8. The first-order valence-corrected chi connectivity index (χ1v) is 8.93. The van der Waals surface area contributed by atoms with Gasteiger partial charge in [-0.05, 0) is 31.9 Å². The summed E-state index contributed by atoms with van der Waals surface area (Å²) in [5.74, 6) is 1.48. The van der Waals surface area contributed by atoms with Crippen molar-refractivity contribution in [3.05, 3.63) is 41.4 Å². The monoisotopic (exact) mass is 333 g/mol. The first-order chi connectivity index (χ1) is 11.2. The van der Waals surface area contributed by atoms with Crippen molar-refractivity contribution < 1.29 is 9.32 Å². The van der Waals surface area contributed by atoms with Crippen molar-refractivity contribution in [2.45, 2.75) is 44.4 Å². The van der Waals surface area contributed by atoms with E-state index in [1.54, 1.807) is 6.20 Å². The van der Waals surface area contributed by atoms with Crippen LogP contribution >= 0.6 is 11.8 Å². The Balaban J connectivity index is 2.13. The van der Waals surface area contributed by atoms with Crippen LogP contribution in [-0.4, -0.2) is 34.0 Å². The van der Waals surface area contributed by atoms with Gasteiger partial charge in [0.25, 0.3) is 5.91 Å². The van der Waals surface area contributed by atoms with Crippen LogP contribution in [0.1, 0.15) is 48.5 Å². The number of carbonyl (C=O) groups is 1. The molecule has 5 nitrogen and oxygen atoms in total. The van der Waals surface area contributed by atoms with Gasteiger partial charge in [0.2, 0.25) is 0 Å². The molecule has 0 bridgehead atoms. The lowest BCUT2D eigenvalue weighted by atomic mass is 10.2. The molecule has 2 aromatic heterocycles. The van der Waals surface area contributed by atoms with E-state index in [0.717, 1.165) is 42.4 Å². The Hall–Kier alpha value is -1.82. The highest BCUT2D eigenvalue weighted by Gasteiger charge is 2.19. The fraction of sp³-hybridized carbons (Fsp3) is 0.471. The Morgan fingerprint density at radius 3 is 2.65 bits per heavy atom. The number of carbonyl (C=O) groups excluding carboxylic acids is 1. The van der Waals surface area contributed by atoms with Crippen LogP contribution in [-0.2, 0) is 5.75 Å². The van der Waals surface area contributed by atoms with Gasteiger partial charge >= 0.3 is 0 Å². The summed E-state index contributed by atoms with van der Waals surface area (Å²) < 4.78 is 5.07. The standard InChI is InChI=1S/C17H23N3O2S/c1-4-9-20(10-5-2)17(21)15-7-6-8-18-16(15)23-12-14-11-13(3)22-19-14/h6-8,11H,4-5,9-10,12H2,1-3H3. The molecule has 0 atom stereocenters. The number of amides is 1. The zero-order valence-corrected chi connectivity index (χ0v) is 14.7. The summed E-state index contributed by atoms with van der Waals surface area (Å²) in [5.41, 5.74) is 1.52. The Bertz CT molecular complexity index is 636. The molecule has 2 aromatic rings. The lowest BCUT2D eigenvalue weighted by Crippen LogP contribution is -2.32. The van der Waals surface area contributed by atoms with Crippen molar-refractivity contribution in [2.24, 2.45) is 0 Å². The molecule has 6 heteroatoms. The predicted molar refractivity (Wildman–Crippen MR) is 91.5 cm³/mol. The number of aryl methyl sites for hydroxylation is 1. The van der Waals surface area contributed by atoms with Crippen LogP contribution in [0.3, 0.4) is 0 Å². The number of pyridine rings is 1. The average molecular weight is 333 g/mol. The maximum absolute atomic E-state index is 12.8. The van der Waals surface area contributed by atoms with Gasteiger partial charge in [-0.25, -0.2) is 4.98 Å². The zero-order chi connectivity index (χ0) is 16.7. The van der Waals surface area contributed by atoms with E-state index in [1.165, 1.54) is 11.8 Å². The summed E-state index contributed by atoms with van der Waals surface area (Å²) in [6.45, 7) is 7.58. The molecule has 23 heavy (non-hydrogen) atoms. The second kappa shape index (κ2) is 8.72. The van der Waals surface area contributed by atoms with Gasteiger partial charge in [0.05, 0.1) is 11.3 Å². The molecule has 0 aliphatic rings. The van der Waals surface area contributed by atoms with Crippen molar-refractivity contribution >= 4 is 17.7 Å². The van der Waals surface area contributed by atoms with Crippen LogP contribution < -0.4 is 0 Å². The van der Waals surface area contributed by atoms with Crippen molar-refractivity contribution in [3.63, 3.8) is 0 Å². The van der Waals surface area contributed by atoms with E-state index in [2.05, 4.69) is 24.0 Å². The molecule has 0 aromatic carbocycles. The number of thioether (sulfide) groups is 1. The van der Waals surface area contributed by atoms with E-state index in [-0.39, 0.29) is 5.91 Å². The lowest BCUT2D eigenvalue weighted by Gasteiger charge is -2.22. The number of hydrogen-bond acceptors (Lipinski definition) is 5. The Kier molecular flexibility index (Phi) is 6.65. The third kappa shape index (κ3) is 4.82. The summed E-state index contributed by atoms with van der Waals surface area (Å²) in [7, 11) is 0. The molecule has 0 saturated carbocycles. The molecule has 0 aliphatic carbocycles. The molecule has 0 spiro atoms. The largest absolute Gasteiger partial charge is 0.361 e. The summed E-state index contributed by atoms with van der Waals surface area (Å²) in [6, 6.07) is 5.57. The fourth-order valence-electron chi connectivity index (χ4n) is 2.32. The highest BCUT2D eigenvalue weighted by molar-refractivity contribution is 7.98. The van der Waals surface area contributed by atoms with Crippen molar-refractivity contribution in [1.29, 1.82) is 0 Å². The van der Waals surface area contributed by atoms with E-state index >= 15 is 0 Å². The summed E-state index contributed by atoms with van der Waals surface area (Å²) in [5, 5.41) is 4.73. The van der Waals surface area contributed by atoms with Crippen LogP contribution in [0, 0.1) is 6.92 Å². The molecule has 0 N–H and O–H groups in total. The number of nitrogens with zero attached hydrogens (tertiary/aromatic N) is 3. The van der Waals surface area contributed by atoms with Crippen molar-refractivity contribution in [3.8, 4) is 0 Å². The molecule has 124 valence electrons. The molecule has 0 aliphatic heterocycles. The average Bonchev–Trinajstić information content (AvgIpc) is 2.98. The van der Waals surface area contributed by atoms with E-state index in [0.29, 0.717) is 11.3 Å². The summed E-state index contributed by atoms with van der Waals surface area (Å²) in [4.78, 5) is 19.1. The third-order valence-electron chi connectivity index (χ3n) is 3.31. The van der Waals surface area contributed by atoms with Crippen LogP contribution in [0.5, 0.6) is 0 Å².